The molecule has 82 valence electrons. The van der Waals surface area contributed by atoms with Gasteiger partial charge >= 0.3 is 5.97 Å². The fourth-order valence-electron chi connectivity index (χ4n) is 1.14. The minimum Gasteiger partial charge on any atom is -0.462 e. The quantitative estimate of drug-likeness (QED) is 0.724. The minimum absolute atomic E-state index is 0.339. The molecule has 0 amide bonds. The molecule has 0 spiro atoms. The first-order valence-electron chi connectivity index (χ1n) is 4.71. The summed E-state index contributed by atoms with van der Waals surface area (Å²) in [5.41, 5.74) is 0.941. The largest absolute Gasteiger partial charge is 0.462 e. The highest BCUT2D eigenvalue weighted by molar-refractivity contribution is 5.89. The normalized spacial score (nSPS) is 10.1. The number of carbonyl (C=O) groups excluding carboxylic acids is 1. The lowest BCUT2D eigenvalue weighted by Crippen LogP contribution is -2.05. The molecule has 0 saturated heterocycles. The van der Waals surface area contributed by atoms with E-state index < -0.39 is 5.97 Å². The number of carbonyl (C=O) groups is 1. The van der Waals surface area contributed by atoms with Crippen LogP contribution in [-0.4, -0.2) is 27.7 Å². The molecule has 0 radical (unpaired) electrons. The molecule has 0 aliphatic heterocycles. The van der Waals surface area contributed by atoms with E-state index in [1.807, 2.05) is 0 Å². The van der Waals surface area contributed by atoms with E-state index in [4.69, 9.17) is 4.74 Å². The topological polar surface area (TPSA) is 78.1 Å². The van der Waals surface area contributed by atoms with Gasteiger partial charge in [-0.2, -0.15) is 4.98 Å². The Balaban J connectivity index is 2.20. The number of nitrogens with zero attached hydrogens (tertiary/aromatic N) is 3. The number of hydrogen-bond acceptors (Lipinski definition) is 6. The first kappa shape index (κ1) is 10.3. The van der Waals surface area contributed by atoms with Gasteiger partial charge in [0.05, 0.1) is 12.2 Å². The Morgan fingerprint density at radius 1 is 1.44 bits per heavy atom. The van der Waals surface area contributed by atoms with E-state index in [0.29, 0.717) is 23.7 Å². The minimum atomic E-state index is -0.394. The number of esters is 1. The monoisotopic (exact) mass is 219 g/mol. The van der Waals surface area contributed by atoms with Gasteiger partial charge in [0.1, 0.15) is 5.69 Å². The third-order valence-electron chi connectivity index (χ3n) is 1.87. The highest BCUT2D eigenvalue weighted by atomic mass is 16.5. The van der Waals surface area contributed by atoms with Gasteiger partial charge in [-0.3, -0.25) is 4.98 Å². The SMILES string of the molecule is CCOC(=O)c1ccc(-c2ncon2)nc1. The Kier molecular flexibility index (Phi) is 2.90. The summed E-state index contributed by atoms with van der Waals surface area (Å²) in [5, 5.41) is 3.63. The first-order chi connectivity index (χ1) is 7.81. The van der Waals surface area contributed by atoms with Crippen LogP contribution in [0.2, 0.25) is 0 Å². The van der Waals surface area contributed by atoms with Crippen LogP contribution in [0, 0.1) is 0 Å². The smallest absolute Gasteiger partial charge is 0.339 e. The Labute approximate surface area is 91.3 Å². The molecule has 0 atom stereocenters. The summed E-state index contributed by atoms with van der Waals surface area (Å²) in [6, 6.07) is 3.24. The Morgan fingerprint density at radius 3 is 2.88 bits per heavy atom. The van der Waals surface area contributed by atoms with Crippen molar-refractivity contribution < 1.29 is 14.1 Å². The van der Waals surface area contributed by atoms with Gasteiger partial charge in [-0.1, -0.05) is 5.16 Å². The molecule has 6 nitrogen and oxygen atoms in total. The van der Waals surface area contributed by atoms with E-state index in [1.165, 1.54) is 12.6 Å². The maximum Gasteiger partial charge on any atom is 0.339 e. The van der Waals surface area contributed by atoms with E-state index in [2.05, 4.69) is 19.6 Å². The number of pyridine rings is 1. The van der Waals surface area contributed by atoms with Crippen LogP contribution < -0.4 is 0 Å². The summed E-state index contributed by atoms with van der Waals surface area (Å²) in [4.78, 5) is 19.2. The molecule has 16 heavy (non-hydrogen) atoms. The molecule has 2 rings (SSSR count). The van der Waals surface area contributed by atoms with E-state index in [9.17, 15) is 4.79 Å². The summed E-state index contributed by atoms with van der Waals surface area (Å²) in [6.07, 6.45) is 2.64. The molecule has 0 aromatic carbocycles. The van der Waals surface area contributed by atoms with E-state index in [-0.39, 0.29) is 0 Å². The first-order valence-corrected chi connectivity index (χ1v) is 4.71. The third kappa shape index (κ3) is 2.05. The average Bonchev–Trinajstić information content (AvgIpc) is 2.83. The van der Waals surface area contributed by atoms with Gasteiger partial charge in [-0.15, -0.1) is 0 Å². The van der Waals surface area contributed by atoms with Crippen LogP contribution >= 0.6 is 0 Å². The van der Waals surface area contributed by atoms with E-state index in [0.717, 1.165) is 0 Å². The van der Waals surface area contributed by atoms with Crippen molar-refractivity contribution in [2.75, 3.05) is 6.61 Å². The molecular weight excluding hydrogens is 210 g/mol. The van der Waals surface area contributed by atoms with Gasteiger partial charge in [-0.05, 0) is 19.1 Å². The van der Waals surface area contributed by atoms with Gasteiger partial charge in [-0.25, -0.2) is 4.79 Å². The maximum atomic E-state index is 11.3. The predicted molar refractivity (Wildman–Crippen MR) is 53.5 cm³/mol. The zero-order chi connectivity index (χ0) is 11.4. The van der Waals surface area contributed by atoms with Gasteiger partial charge in [0.2, 0.25) is 12.2 Å². The number of ether oxygens (including phenoxy) is 1. The van der Waals surface area contributed by atoms with Crippen LogP contribution in [0.15, 0.2) is 29.2 Å². The van der Waals surface area contributed by atoms with E-state index >= 15 is 0 Å². The molecule has 0 N–H and O–H groups in total. The second-order valence-electron chi connectivity index (χ2n) is 2.91. The lowest BCUT2D eigenvalue weighted by molar-refractivity contribution is 0.0526. The molecule has 0 aliphatic carbocycles. The van der Waals surface area contributed by atoms with Gasteiger partial charge in [0.15, 0.2) is 0 Å². The summed E-state index contributed by atoms with van der Waals surface area (Å²) in [6.45, 7) is 2.09. The van der Waals surface area contributed by atoms with E-state index in [1.54, 1.807) is 19.1 Å². The number of aromatic nitrogens is 3. The summed E-state index contributed by atoms with van der Waals surface area (Å²) >= 11 is 0. The fraction of sp³-hybridized carbons (Fsp3) is 0.200. The Morgan fingerprint density at radius 2 is 2.31 bits per heavy atom. The predicted octanol–water partition coefficient (Wildman–Crippen LogP) is 1.31. The van der Waals surface area contributed by atoms with Crippen molar-refractivity contribution in [1.82, 2.24) is 15.1 Å². The third-order valence-corrected chi connectivity index (χ3v) is 1.87. The van der Waals surface area contributed by atoms with Crippen molar-refractivity contribution in [2.45, 2.75) is 6.92 Å². The van der Waals surface area contributed by atoms with Gasteiger partial charge < -0.3 is 9.26 Å². The van der Waals surface area contributed by atoms with Crippen LogP contribution in [0.5, 0.6) is 0 Å². The fourth-order valence-corrected chi connectivity index (χ4v) is 1.14. The Bertz CT molecular complexity index is 465. The molecule has 2 aromatic heterocycles. The number of hydrogen-bond donors (Lipinski definition) is 0. The maximum absolute atomic E-state index is 11.3. The van der Waals surface area contributed by atoms with Crippen LogP contribution in [0.3, 0.4) is 0 Å². The van der Waals surface area contributed by atoms with Crippen molar-refractivity contribution in [3.05, 3.63) is 30.3 Å². The van der Waals surface area contributed by atoms with Crippen molar-refractivity contribution in [3.8, 4) is 11.5 Å². The summed E-state index contributed by atoms with van der Waals surface area (Å²) in [5.74, 6) is -0.00919. The molecular formula is C10H9N3O3. The molecule has 2 aromatic rings. The molecule has 6 heteroatoms. The van der Waals surface area contributed by atoms with Crippen molar-refractivity contribution in [1.29, 1.82) is 0 Å². The average molecular weight is 219 g/mol. The molecule has 0 bridgehead atoms. The lowest BCUT2D eigenvalue weighted by Gasteiger charge is -2.00. The van der Waals surface area contributed by atoms with Crippen LogP contribution in [0.25, 0.3) is 11.5 Å². The highest BCUT2D eigenvalue weighted by Crippen LogP contribution is 2.11. The highest BCUT2D eigenvalue weighted by Gasteiger charge is 2.09. The van der Waals surface area contributed by atoms with Crippen molar-refractivity contribution >= 4 is 5.97 Å². The lowest BCUT2D eigenvalue weighted by atomic mass is 10.2. The Hall–Kier alpha value is -2.24. The van der Waals surface area contributed by atoms with Crippen LogP contribution in [0.1, 0.15) is 17.3 Å². The summed E-state index contributed by atoms with van der Waals surface area (Å²) in [7, 11) is 0. The molecule has 0 aliphatic rings. The second-order valence-corrected chi connectivity index (χ2v) is 2.91. The zero-order valence-corrected chi connectivity index (χ0v) is 8.58. The van der Waals surface area contributed by atoms with Crippen LogP contribution in [0.4, 0.5) is 0 Å². The van der Waals surface area contributed by atoms with Crippen LogP contribution in [-0.2, 0) is 4.74 Å². The van der Waals surface area contributed by atoms with Crippen molar-refractivity contribution in [2.24, 2.45) is 0 Å². The standard InChI is InChI=1S/C10H9N3O3/c1-2-15-10(14)7-3-4-8(11-5-7)9-12-6-16-13-9/h3-6H,2H2,1H3. The van der Waals surface area contributed by atoms with Gasteiger partial charge in [0.25, 0.3) is 0 Å². The molecule has 0 saturated carbocycles. The molecule has 0 unspecified atom stereocenters. The van der Waals surface area contributed by atoms with Gasteiger partial charge in [0, 0.05) is 6.20 Å². The summed E-state index contributed by atoms with van der Waals surface area (Å²) < 4.78 is 9.42. The van der Waals surface area contributed by atoms with Crippen molar-refractivity contribution in [3.63, 3.8) is 0 Å². The zero-order valence-electron chi connectivity index (χ0n) is 8.58. The second kappa shape index (κ2) is 4.52. The number of rotatable bonds is 3. The molecule has 2 heterocycles. The molecule has 0 fully saturated rings.